The highest BCUT2D eigenvalue weighted by atomic mass is 16.5. The first-order chi connectivity index (χ1) is 10.5. The second kappa shape index (κ2) is 12.5. The van der Waals surface area contributed by atoms with Gasteiger partial charge in [-0.05, 0) is 51.3 Å². The lowest BCUT2D eigenvalue weighted by Crippen LogP contribution is -2.26. The average Bonchev–Trinajstić information content (AvgIpc) is 2.51. The van der Waals surface area contributed by atoms with Crippen LogP contribution >= 0.6 is 0 Å². The third-order valence-corrected chi connectivity index (χ3v) is 4.18. The predicted octanol–water partition coefficient (Wildman–Crippen LogP) is 5.62. The summed E-state index contributed by atoms with van der Waals surface area (Å²) in [4.78, 5) is 0. The lowest BCUT2D eigenvalue weighted by atomic mass is 9.90. The molecule has 0 rings (SSSR count). The molecule has 0 saturated heterocycles. The van der Waals surface area contributed by atoms with Crippen LogP contribution in [-0.4, -0.2) is 19.3 Å². The maximum atomic E-state index is 6.26. The molecule has 3 unspecified atom stereocenters. The largest absolute Gasteiger partial charge is 0.394 e. The van der Waals surface area contributed by atoms with Crippen molar-refractivity contribution in [2.24, 2.45) is 5.92 Å². The average molecular weight is 308 g/mol. The molecule has 2 heteroatoms. The second-order valence-corrected chi connectivity index (χ2v) is 6.00. The topological polar surface area (TPSA) is 21.3 Å². The highest BCUT2D eigenvalue weighted by molar-refractivity contribution is 5.16. The fourth-order valence-electron chi connectivity index (χ4n) is 2.96. The fraction of sp³-hybridized carbons (Fsp3) is 0.700. The molecule has 3 atom stereocenters. The van der Waals surface area contributed by atoms with E-state index in [9.17, 15) is 0 Å². The van der Waals surface area contributed by atoms with Gasteiger partial charge in [-0.2, -0.15) is 0 Å². The van der Waals surface area contributed by atoms with E-state index in [0.717, 1.165) is 32.1 Å². The highest BCUT2D eigenvalue weighted by Gasteiger charge is 2.21. The fourth-order valence-corrected chi connectivity index (χ4v) is 2.96. The molecule has 0 aromatic rings. The summed E-state index contributed by atoms with van der Waals surface area (Å²) >= 11 is 0. The van der Waals surface area contributed by atoms with E-state index in [1.807, 2.05) is 13.1 Å². The first-order valence-electron chi connectivity index (χ1n) is 8.86. The first-order valence-corrected chi connectivity index (χ1v) is 8.86. The molecule has 0 spiro atoms. The summed E-state index contributed by atoms with van der Waals surface area (Å²) in [6, 6.07) is 0. The Bertz CT molecular complexity index is 357. The Morgan fingerprint density at radius 2 is 1.91 bits per heavy atom. The molecule has 0 bridgehead atoms. The molecule has 22 heavy (non-hydrogen) atoms. The van der Waals surface area contributed by atoms with Gasteiger partial charge in [0, 0.05) is 13.0 Å². The summed E-state index contributed by atoms with van der Waals surface area (Å²) in [6.45, 7) is 14.9. The number of hydrogen-bond donors (Lipinski definition) is 1. The van der Waals surface area contributed by atoms with Crippen molar-refractivity contribution in [1.29, 1.82) is 0 Å². The third kappa shape index (κ3) is 7.84. The van der Waals surface area contributed by atoms with E-state index in [0.29, 0.717) is 5.92 Å². The lowest BCUT2D eigenvalue weighted by molar-refractivity contribution is -0.0154. The smallest absolute Gasteiger partial charge is 0.0616 e. The van der Waals surface area contributed by atoms with Crippen LogP contribution in [0.4, 0.5) is 0 Å². The van der Waals surface area contributed by atoms with E-state index < -0.39 is 0 Å². The zero-order valence-corrected chi connectivity index (χ0v) is 15.6. The van der Waals surface area contributed by atoms with Crippen molar-refractivity contribution in [2.75, 3.05) is 7.05 Å². The van der Waals surface area contributed by atoms with Crippen LogP contribution in [0.1, 0.15) is 66.7 Å². The molecule has 0 aliphatic carbocycles. The van der Waals surface area contributed by atoms with E-state index >= 15 is 0 Å². The van der Waals surface area contributed by atoms with E-state index in [4.69, 9.17) is 4.74 Å². The van der Waals surface area contributed by atoms with Gasteiger partial charge in [-0.3, -0.25) is 0 Å². The van der Waals surface area contributed by atoms with Gasteiger partial charge in [-0.25, -0.2) is 0 Å². The van der Waals surface area contributed by atoms with Gasteiger partial charge in [0.2, 0.25) is 0 Å². The maximum absolute atomic E-state index is 6.26. The Morgan fingerprint density at radius 1 is 1.23 bits per heavy atom. The van der Waals surface area contributed by atoms with Crippen molar-refractivity contribution in [3.8, 4) is 0 Å². The van der Waals surface area contributed by atoms with Gasteiger partial charge in [-0.15, -0.1) is 0 Å². The second-order valence-electron chi connectivity index (χ2n) is 6.00. The molecule has 0 aromatic carbocycles. The number of ether oxygens (including phenoxy) is 1. The maximum Gasteiger partial charge on any atom is 0.0616 e. The molecule has 0 saturated carbocycles. The Kier molecular flexibility index (Phi) is 11.9. The van der Waals surface area contributed by atoms with Crippen molar-refractivity contribution < 1.29 is 4.74 Å². The molecule has 1 N–H and O–H groups in total. The monoisotopic (exact) mass is 307 g/mol. The van der Waals surface area contributed by atoms with Crippen LogP contribution in [0.5, 0.6) is 0 Å². The summed E-state index contributed by atoms with van der Waals surface area (Å²) in [6.07, 6.45) is 12.3. The summed E-state index contributed by atoms with van der Waals surface area (Å²) in [7, 11) is 1.96. The molecule has 0 aliphatic rings. The Labute approximate surface area is 138 Å². The van der Waals surface area contributed by atoms with Crippen LogP contribution in [0, 0.1) is 5.92 Å². The summed E-state index contributed by atoms with van der Waals surface area (Å²) in [5.41, 5.74) is 2.78. The minimum Gasteiger partial charge on any atom is -0.394 e. The molecule has 0 aromatic heterocycles. The summed E-state index contributed by atoms with van der Waals surface area (Å²) < 4.78 is 6.26. The quantitative estimate of drug-likeness (QED) is 0.472. The molecule has 2 nitrogen and oxygen atoms in total. The molecule has 0 aliphatic heterocycles. The standard InChI is InChI=1S/C20H37NO/c1-8-12-18(9-2)14-13-16(5)22-17(6)20(11-4)19(10-3)15-21-7/h9,14-17,20-21H,2,8,10-13H2,1,3-7H3/b18-14+,19-15-. The van der Waals surface area contributed by atoms with Crippen molar-refractivity contribution in [2.45, 2.75) is 78.9 Å². The van der Waals surface area contributed by atoms with Crippen molar-refractivity contribution in [3.63, 3.8) is 0 Å². The Hall–Kier alpha value is -1.02. The van der Waals surface area contributed by atoms with Crippen LogP contribution in [0.3, 0.4) is 0 Å². The molecular weight excluding hydrogens is 270 g/mol. The minimum absolute atomic E-state index is 0.239. The Morgan fingerprint density at radius 3 is 2.36 bits per heavy atom. The number of allylic oxidation sites excluding steroid dienone is 2. The number of rotatable bonds is 12. The van der Waals surface area contributed by atoms with Crippen LogP contribution < -0.4 is 5.32 Å². The van der Waals surface area contributed by atoms with Gasteiger partial charge in [0.1, 0.15) is 0 Å². The van der Waals surface area contributed by atoms with Crippen LogP contribution in [0.15, 0.2) is 36.1 Å². The van der Waals surface area contributed by atoms with Crippen LogP contribution in [-0.2, 0) is 4.74 Å². The molecule has 0 amide bonds. The van der Waals surface area contributed by atoms with E-state index in [2.05, 4.69) is 58.8 Å². The van der Waals surface area contributed by atoms with Crippen molar-refractivity contribution in [3.05, 3.63) is 36.1 Å². The summed E-state index contributed by atoms with van der Waals surface area (Å²) in [5, 5.41) is 3.17. The van der Waals surface area contributed by atoms with Gasteiger partial charge in [0.25, 0.3) is 0 Å². The van der Waals surface area contributed by atoms with E-state index in [1.165, 1.54) is 11.1 Å². The highest BCUT2D eigenvalue weighted by Crippen LogP contribution is 2.25. The zero-order valence-electron chi connectivity index (χ0n) is 15.6. The van der Waals surface area contributed by atoms with Crippen LogP contribution in [0.25, 0.3) is 0 Å². The van der Waals surface area contributed by atoms with Gasteiger partial charge in [0.15, 0.2) is 0 Å². The summed E-state index contributed by atoms with van der Waals surface area (Å²) in [5.74, 6) is 0.485. The number of nitrogens with one attached hydrogen (secondary N) is 1. The van der Waals surface area contributed by atoms with Crippen molar-refractivity contribution in [1.82, 2.24) is 5.32 Å². The molecule has 128 valence electrons. The van der Waals surface area contributed by atoms with Gasteiger partial charge in [0.05, 0.1) is 12.2 Å². The Balaban J connectivity index is 4.63. The van der Waals surface area contributed by atoms with Gasteiger partial charge in [-0.1, -0.05) is 51.5 Å². The lowest BCUT2D eigenvalue weighted by Gasteiger charge is -2.28. The zero-order chi connectivity index (χ0) is 17.0. The minimum atomic E-state index is 0.239. The van der Waals surface area contributed by atoms with E-state index in [-0.39, 0.29) is 12.2 Å². The molecule has 0 heterocycles. The molecular formula is C20H37NO. The first kappa shape index (κ1) is 21.0. The van der Waals surface area contributed by atoms with Gasteiger partial charge >= 0.3 is 0 Å². The normalized spacial score (nSPS) is 17.0. The predicted molar refractivity (Wildman–Crippen MR) is 99.0 cm³/mol. The third-order valence-electron chi connectivity index (χ3n) is 4.18. The van der Waals surface area contributed by atoms with Crippen molar-refractivity contribution >= 4 is 0 Å². The number of hydrogen-bond acceptors (Lipinski definition) is 2. The molecule has 0 fully saturated rings. The molecule has 0 radical (unpaired) electrons. The SMILES string of the molecule is C=C/C(=C\CC(C)OC(C)C(CC)/C(=C\NC)CC)CCC. The van der Waals surface area contributed by atoms with E-state index in [1.54, 1.807) is 0 Å². The van der Waals surface area contributed by atoms with Crippen LogP contribution in [0.2, 0.25) is 0 Å². The van der Waals surface area contributed by atoms with Gasteiger partial charge < -0.3 is 10.1 Å².